The zero-order chi connectivity index (χ0) is 16.9. The predicted molar refractivity (Wildman–Crippen MR) is 90.4 cm³/mol. The first-order valence-corrected chi connectivity index (χ1v) is 9.52. The number of rotatable bonds is 7. The molecule has 1 aliphatic heterocycles. The Hall–Kier alpha value is -1.31. The second kappa shape index (κ2) is 7.99. The van der Waals surface area contributed by atoms with Gasteiger partial charge >= 0.3 is 0 Å². The number of ether oxygens (including phenoxy) is 2. The molecule has 1 fully saturated rings. The number of benzene rings is 1. The first-order valence-electron chi connectivity index (χ1n) is 7.91. The van der Waals surface area contributed by atoms with Crippen molar-refractivity contribution in [3.8, 4) is 11.5 Å². The summed E-state index contributed by atoms with van der Waals surface area (Å²) in [5.74, 6) is 1.71. The Bertz CT molecular complexity index is 588. The summed E-state index contributed by atoms with van der Waals surface area (Å²) in [6.07, 6.45) is 1.67. The van der Waals surface area contributed by atoms with Crippen LogP contribution in [-0.4, -0.2) is 51.8 Å². The minimum absolute atomic E-state index is 0.175. The average Bonchev–Trinajstić information content (AvgIpc) is 2.59. The van der Waals surface area contributed by atoms with Crippen LogP contribution in [0.4, 0.5) is 0 Å². The third kappa shape index (κ3) is 4.83. The van der Waals surface area contributed by atoms with Crippen molar-refractivity contribution in [1.82, 2.24) is 9.62 Å². The van der Waals surface area contributed by atoms with Crippen molar-refractivity contribution in [2.24, 2.45) is 0 Å². The fraction of sp³-hybridized carbons (Fsp3) is 0.625. The van der Waals surface area contributed by atoms with Crippen LogP contribution in [0.2, 0.25) is 0 Å². The highest BCUT2D eigenvalue weighted by atomic mass is 32.2. The average molecular weight is 342 g/mol. The molecule has 7 heteroatoms. The molecule has 130 valence electrons. The van der Waals surface area contributed by atoms with Gasteiger partial charge in [0.05, 0.1) is 20.0 Å². The van der Waals surface area contributed by atoms with Crippen LogP contribution in [0.1, 0.15) is 25.3 Å². The molecule has 1 aromatic carbocycles. The summed E-state index contributed by atoms with van der Waals surface area (Å²) < 4.78 is 35.9. The normalized spacial score (nSPS) is 17.2. The number of methoxy groups -OCH3 is 2. The highest BCUT2D eigenvalue weighted by Crippen LogP contribution is 2.23. The summed E-state index contributed by atoms with van der Waals surface area (Å²) in [4.78, 5) is 0. The maximum atomic E-state index is 11.9. The number of piperidine rings is 1. The van der Waals surface area contributed by atoms with Crippen LogP contribution in [0.5, 0.6) is 11.5 Å². The highest BCUT2D eigenvalue weighted by molar-refractivity contribution is 7.89. The van der Waals surface area contributed by atoms with E-state index in [1.54, 1.807) is 25.4 Å². The van der Waals surface area contributed by atoms with E-state index < -0.39 is 10.0 Å². The lowest BCUT2D eigenvalue weighted by Crippen LogP contribution is -2.45. The standard InChI is InChI=1S/C16H26N2O4S/c1-4-23(19,20)18-7-5-14(6-8-18)17-12-13-9-15(21-2)11-16(10-13)22-3/h9-11,14,17H,4-8,12H2,1-3H3. The fourth-order valence-electron chi connectivity index (χ4n) is 2.75. The summed E-state index contributed by atoms with van der Waals surface area (Å²) in [6, 6.07) is 6.13. The number of nitrogens with zero attached hydrogens (tertiary/aromatic N) is 1. The van der Waals surface area contributed by atoms with Crippen molar-refractivity contribution in [2.45, 2.75) is 32.4 Å². The molecule has 1 aliphatic rings. The van der Waals surface area contributed by atoms with Crippen molar-refractivity contribution in [2.75, 3.05) is 33.1 Å². The van der Waals surface area contributed by atoms with Gasteiger partial charge < -0.3 is 14.8 Å². The number of hydrogen-bond donors (Lipinski definition) is 1. The van der Waals surface area contributed by atoms with Gasteiger partial charge in [-0.15, -0.1) is 0 Å². The van der Waals surface area contributed by atoms with Gasteiger partial charge in [0.2, 0.25) is 10.0 Å². The summed E-state index contributed by atoms with van der Waals surface area (Å²) in [6.45, 7) is 3.58. The largest absolute Gasteiger partial charge is 0.497 e. The topological polar surface area (TPSA) is 67.9 Å². The monoisotopic (exact) mass is 342 g/mol. The summed E-state index contributed by atoms with van der Waals surface area (Å²) in [5, 5.41) is 3.50. The first-order chi connectivity index (χ1) is 11.0. The van der Waals surface area contributed by atoms with E-state index in [0.29, 0.717) is 25.7 Å². The van der Waals surface area contributed by atoms with E-state index in [1.807, 2.05) is 18.2 Å². The molecule has 1 heterocycles. The summed E-state index contributed by atoms with van der Waals surface area (Å²) in [7, 11) is 0.212. The van der Waals surface area contributed by atoms with Gasteiger partial charge in [-0.2, -0.15) is 0 Å². The molecule has 0 aromatic heterocycles. The Morgan fingerprint density at radius 2 is 1.70 bits per heavy atom. The molecule has 0 saturated carbocycles. The van der Waals surface area contributed by atoms with Crippen molar-refractivity contribution in [3.05, 3.63) is 23.8 Å². The maximum Gasteiger partial charge on any atom is 0.213 e. The van der Waals surface area contributed by atoms with Crippen molar-refractivity contribution >= 4 is 10.0 Å². The van der Waals surface area contributed by atoms with Gasteiger partial charge in [-0.25, -0.2) is 12.7 Å². The van der Waals surface area contributed by atoms with Gasteiger partial charge in [0.25, 0.3) is 0 Å². The molecule has 1 N–H and O–H groups in total. The molecular formula is C16H26N2O4S. The summed E-state index contributed by atoms with van der Waals surface area (Å²) >= 11 is 0. The SMILES string of the molecule is CCS(=O)(=O)N1CCC(NCc2cc(OC)cc(OC)c2)CC1. The zero-order valence-corrected chi connectivity index (χ0v) is 14.9. The molecule has 0 aliphatic carbocycles. The van der Waals surface area contributed by atoms with Crippen LogP contribution in [0.3, 0.4) is 0 Å². The number of sulfonamides is 1. The van der Waals surface area contributed by atoms with Crippen LogP contribution < -0.4 is 14.8 Å². The molecule has 0 bridgehead atoms. The van der Waals surface area contributed by atoms with Crippen LogP contribution in [0.25, 0.3) is 0 Å². The predicted octanol–water partition coefficient (Wildman–Crippen LogP) is 1.61. The van der Waals surface area contributed by atoms with E-state index >= 15 is 0 Å². The Balaban J connectivity index is 1.88. The van der Waals surface area contributed by atoms with Crippen LogP contribution in [0.15, 0.2) is 18.2 Å². The van der Waals surface area contributed by atoms with Crippen LogP contribution in [-0.2, 0) is 16.6 Å². The molecular weight excluding hydrogens is 316 g/mol. The van der Waals surface area contributed by atoms with Gasteiger partial charge in [-0.1, -0.05) is 0 Å². The zero-order valence-electron chi connectivity index (χ0n) is 14.0. The lowest BCUT2D eigenvalue weighted by molar-refractivity contribution is 0.288. The quantitative estimate of drug-likeness (QED) is 0.815. The Kier molecular flexibility index (Phi) is 6.26. The van der Waals surface area contributed by atoms with Gasteiger partial charge in [0.1, 0.15) is 11.5 Å². The van der Waals surface area contributed by atoms with Crippen molar-refractivity contribution in [3.63, 3.8) is 0 Å². The molecule has 0 spiro atoms. The third-order valence-electron chi connectivity index (χ3n) is 4.22. The molecule has 23 heavy (non-hydrogen) atoms. The fourth-order valence-corrected chi connectivity index (χ4v) is 3.88. The van der Waals surface area contributed by atoms with Crippen LogP contribution in [0, 0.1) is 0 Å². The molecule has 2 rings (SSSR count). The third-order valence-corrected chi connectivity index (χ3v) is 6.10. The summed E-state index contributed by atoms with van der Waals surface area (Å²) in [5.41, 5.74) is 1.09. The van der Waals surface area contributed by atoms with E-state index in [2.05, 4.69) is 5.32 Å². The van der Waals surface area contributed by atoms with Crippen LogP contribution >= 0.6 is 0 Å². The van der Waals surface area contributed by atoms with E-state index in [4.69, 9.17) is 9.47 Å². The lowest BCUT2D eigenvalue weighted by atomic mass is 10.1. The Morgan fingerprint density at radius 3 is 2.17 bits per heavy atom. The van der Waals surface area contributed by atoms with E-state index in [0.717, 1.165) is 29.9 Å². The second-order valence-corrected chi connectivity index (χ2v) is 7.93. The molecule has 0 radical (unpaired) electrons. The van der Waals surface area contributed by atoms with E-state index in [9.17, 15) is 8.42 Å². The molecule has 0 atom stereocenters. The molecule has 6 nitrogen and oxygen atoms in total. The van der Waals surface area contributed by atoms with Gasteiger partial charge in [-0.05, 0) is 37.5 Å². The van der Waals surface area contributed by atoms with Crippen molar-refractivity contribution < 1.29 is 17.9 Å². The van der Waals surface area contributed by atoms with Gasteiger partial charge in [0, 0.05) is 31.7 Å². The van der Waals surface area contributed by atoms with Crippen molar-refractivity contribution in [1.29, 1.82) is 0 Å². The molecule has 1 saturated heterocycles. The molecule has 0 unspecified atom stereocenters. The first kappa shape index (κ1) is 18.0. The maximum absolute atomic E-state index is 11.9. The number of nitrogens with one attached hydrogen (secondary N) is 1. The van der Waals surface area contributed by atoms with E-state index in [1.165, 1.54) is 0 Å². The molecule has 1 aromatic rings. The number of hydrogen-bond acceptors (Lipinski definition) is 5. The minimum atomic E-state index is -3.06. The van der Waals surface area contributed by atoms with Gasteiger partial charge in [0.15, 0.2) is 0 Å². The Morgan fingerprint density at radius 1 is 1.13 bits per heavy atom. The highest BCUT2D eigenvalue weighted by Gasteiger charge is 2.26. The Labute approximate surface area is 138 Å². The lowest BCUT2D eigenvalue weighted by Gasteiger charge is -2.31. The smallest absolute Gasteiger partial charge is 0.213 e. The second-order valence-electron chi connectivity index (χ2n) is 5.68. The molecule has 0 amide bonds. The minimum Gasteiger partial charge on any atom is -0.497 e. The van der Waals surface area contributed by atoms with Gasteiger partial charge in [-0.3, -0.25) is 0 Å². The van der Waals surface area contributed by atoms with E-state index in [-0.39, 0.29) is 5.75 Å².